The largest absolute Gasteiger partial charge is 0.490 e. The first kappa shape index (κ1) is 21.1. The highest BCUT2D eigenvalue weighted by Gasteiger charge is 2.33. The van der Waals surface area contributed by atoms with Crippen LogP contribution in [0, 0.1) is 0 Å². The number of benzene rings is 2. The van der Waals surface area contributed by atoms with Crippen LogP contribution in [0.15, 0.2) is 53.4 Å². The van der Waals surface area contributed by atoms with E-state index in [9.17, 15) is 21.6 Å². The van der Waals surface area contributed by atoms with Crippen molar-refractivity contribution in [2.45, 2.75) is 49.0 Å². The predicted octanol–water partition coefficient (Wildman–Crippen LogP) is 3.80. The highest BCUT2D eigenvalue weighted by molar-refractivity contribution is 7.89. The first-order valence-corrected chi connectivity index (χ1v) is 11.3. The predicted molar refractivity (Wildman–Crippen MR) is 106 cm³/mol. The number of sulfonamides is 1. The molecule has 162 valence electrons. The molecule has 1 atom stereocenters. The molecule has 1 heterocycles. The quantitative estimate of drug-likeness (QED) is 0.712. The lowest BCUT2D eigenvalue weighted by Gasteiger charge is -2.17. The summed E-state index contributed by atoms with van der Waals surface area (Å²) >= 11 is 0. The molecule has 4 rings (SSSR count). The smallest absolute Gasteiger partial charge is 0.416 e. The van der Waals surface area contributed by atoms with Crippen molar-refractivity contribution in [3.8, 4) is 5.75 Å². The van der Waals surface area contributed by atoms with Gasteiger partial charge in [0.2, 0.25) is 10.0 Å². The molecule has 0 amide bonds. The van der Waals surface area contributed by atoms with Gasteiger partial charge in [-0.15, -0.1) is 0 Å². The van der Waals surface area contributed by atoms with E-state index in [2.05, 4.69) is 9.62 Å². The zero-order valence-corrected chi connectivity index (χ0v) is 17.0. The molecule has 1 aliphatic heterocycles. The molecule has 2 aromatic carbocycles. The third kappa shape index (κ3) is 5.33. The number of nitrogens with one attached hydrogen (secondary N) is 1. The Balaban J connectivity index is 1.34. The Labute approximate surface area is 173 Å². The van der Waals surface area contributed by atoms with E-state index < -0.39 is 21.8 Å². The van der Waals surface area contributed by atoms with Crippen molar-refractivity contribution in [3.05, 3.63) is 59.7 Å². The van der Waals surface area contributed by atoms with Gasteiger partial charge >= 0.3 is 6.18 Å². The van der Waals surface area contributed by atoms with Crippen molar-refractivity contribution in [1.29, 1.82) is 0 Å². The minimum Gasteiger partial charge on any atom is -0.490 e. The Morgan fingerprint density at radius 2 is 1.80 bits per heavy atom. The van der Waals surface area contributed by atoms with Gasteiger partial charge in [0, 0.05) is 25.7 Å². The van der Waals surface area contributed by atoms with Gasteiger partial charge in [-0.1, -0.05) is 18.2 Å². The van der Waals surface area contributed by atoms with Crippen molar-refractivity contribution < 1.29 is 26.3 Å². The van der Waals surface area contributed by atoms with Crippen molar-refractivity contribution in [2.75, 3.05) is 13.1 Å². The van der Waals surface area contributed by atoms with Crippen LogP contribution < -0.4 is 9.46 Å². The summed E-state index contributed by atoms with van der Waals surface area (Å²) in [7, 11) is -4.03. The lowest BCUT2D eigenvalue weighted by molar-refractivity contribution is -0.137. The molecule has 0 unspecified atom stereocenters. The Kier molecular flexibility index (Phi) is 5.78. The number of alkyl halides is 3. The second-order valence-electron chi connectivity index (χ2n) is 7.83. The van der Waals surface area contributed by atoms with Gasteiger partial charge in [-0.2, -0.15) is 13.2 Å². The molecule has 0 spiro atoms. The van der Waals surface area contributed by atoms with Gasteiger partial charge in [-0.3, -0.25) is 4.90 Å². The van der Waals surface area contributed by atoms with E-state index in [0.29, 0.717) is 38.2 Å². The standard InChI is InChI=1S/C21H23F3N2O3S/c22-21(23,24)16-2-1-3-20(12-16)30(27,28)25-17-10-11-26(14-17)13-15-4-6-18(7-5-15)29-19-8-9-19/h1-7,12,17,19,25H,8-11,13-14H2/t17-/m1/s1. The number of rotatable bonds is 7. The molecule has 1 saturated carbocycles. The summed E-state index contributed by atoms with van der Waals surface area (Å²) in [5, 5.41) is 0. The molecule has 30 heavy (non-hydrogen) atoms. The second-order valence-corrected chi connectivity index (χ2v) is 9.54. The van der Waals surface area contributed by atoms with E-state index in [1.54, 1.807) is 0 Å². The third-order valence-corrected chi connectivity index (χ3v) is 6.74. The summed E-state index contributed by atoms with van der Waals surface area (Å²) in [5.74, 6) is 0.856. The van der Waals surface area contributed by atoms with Gasteiger partial charge in [0.1, 0.15) is 5.75 Å². The Morgan fingerprint density at radius 3 is 2.47 bits per heavy atom. The maximum atomic E-state index is 12.9. The van der Waals surface area contributed by atoms with Gasteiger partial charge in [0.25, 0.3) is 0 Å². The average Bonchev–Trinajstić information content (AvgIpc) is 3.41. The molecule has 2 fully saturated rings. The van der Waals surface area contributed by atoms with Gasteiger partial charge < -0.3 is 4.74 Å². The van der Waals surface area contributed by atoms with E-state index in [0.717, 1.165) is 36.3 Å². The average molecular weight is 440 g/mol. The van der Waals surface area contributed by atoms with Gasteiger partial charge in [0.15, 0.2) is 0 Å². The summed E-state index contributed by atoms with van der Waals surface area (Å²) in [6.07, 6.45) is -1.43. The summed E-state index contributed by atoms with van der Waals surface area (Å²) in [6, 6.07) is 11.3. The zero-order valence-electron chi connectivity index (χ0n) is 16.2. The summed E-state index contributed by atoms with van der Waals surface area (Å²) < 4.78 is 72.0. The fraction of sp³-hybridized carbons (Fsp3) is 0.429. The van der Waals surface area contributed by atoms with E-state index in [1.807, 2.05) is 24.3 Å². The monoisotopic (exact) mass is 440 g/mol. The number of ether oxygens (including phenoxy) is 1. The molecule has 0 radical (unpaired) electrons. The number of hydrogen-bond acceptors (Lipinski definition) is 4. The fourth-order valence-corrected chi connectivity index (χ4v) is 4.82. The van der Waals surface area contributed by atoms with Gasteiger partial charge in [-0.25, -0.2) is 13.1 Å². The van der Waals surface area contributed by atoms with Crippen molar-refractivity contribution >= 4 is 10.0 Å². The molecular formula is C21H23F3N2O3S. The van der Waals surface area contributed by atoms with Crippen molar-refractivity contribution in [3.63, 3.8) is 0 Å². The molecule has 1 aliphatic carbocycles. The Morgan fingerprint density at radius 1 is 1.07 bits per heavy atom. The number of halogens is 3. The van der Waals surface area contributed by atoms with E-state index >= 15 is 0 Å². The highest BCUT2D eigenvalue weighted by Crippen LogP contribution is 2.31. The van der Waals surface area contributed by atoms with Crippen LogP contribution in [0.2, 0.25) is 0 Å². The first-order chi connectivity index (χ1) is 14.2. The molecule has 2 aliphatic rings. The van der Waals surface area contributed by atoms with Crippen LogP contribution in [0.25, 0.3) is 0 Å². The highest BCUT2D eigenvalue weighted by atomic mass is 32.2. The minimum atomic E-state index is -4.59. The SMILES string of the molecule is O=S(=O)(N[C@@H]1CCN(Cc2ccc(OC3CC3)cc2)C1)c1cccc(C(F)(F)F)c1. The molecule has 0 bridgehead atoms. The molecule has 5 nitrogen and oxygen atoms in total. The van der Waals surface area contributed by atoms with Crippen LogP contribution in [0.5, 0.6) is 5.75 Å². The van der Waals surface area contributed by atoms with Crippen molar-refractivity contribution in [1.82, 2.24) is 9.62 Å². The van der Waals surface area contributed by atoms with Crippen LogP contribution >= 0.6 is 0 Å². The van der Waals surface area contributed by atoms with Gasteiger partial charge in [-0.05, 0) is 55.2 Å². The number of likely N-dealkylation sites (tertiary alicyclic amines) is 1. The topological polar surface area (TPSA) is 58.6 Å². The maximum absolute atomic E-state index is 12.9. The lowest BCUT2D eigenvalue weighted by Crippen LogP contribution is -2.37. The summed E-state index contributed by atoms with van der Waals surface area (Å²) in [4.78, 5) is 1.75. The third-order valence-electron chi connectivity index (χ3n) is 5.22. The molecule has 0 aromatic heterocycles. The van der Waals surface area contributed by atoms with Crippen molar-refractivity contribution in [2.24, 2.45) is 0 Å². The molecule has 2 aromatic rings. The van der Waals surface area contributed by atoms with Gasteiger partial charge in [0.05, 0.1) is 16.6 Å². The maximum Gasteiger partial charge on any atom is 0.416 e. The van der Waals surface area contributed by atoms with Crippen LogP contribution in [0.1, 0.15) is 30.4 Å². The molecule has 1 saturated heterocycles. The molecule has 1 N–H and O–H groups in total. The lowest BCUT2D eigenvalue weighted by atomic mass is 10.2. The van der Waals surface area contributed by atoms with E-state index in [-0.39, 0.29) is 10.9 Å². The minimum absolute atomic E-state index is 0.345. The number of hydrogen-bond donors (Lipinski definition) is 1. The Hall–Kier alpha value is -2.10. The summed E-state index contributed by atoms with van der Waals surface area (Å²) in [5.41, 5.74) is 0.118. The van der Waals surface area contributed by atoms with Crippen LogP contribution in [0.3, 0.4) is 0 Å². The fourth-order valence-electron chi connectivity index (χ4n) is 3.51. The van der Waals surface area contributed by atoms with Crippen LogP contribution in [0.4, 0.5) is 13.2 Å². The van der Waals surface area contributed by atoms with E-state index in [4.69, 9.17) is 4.74 Å². The van der Waals surface area contributed by atoms with Crippen LogP contribution in [-0.4, -0.2) is 38.6 Å². The Bertz CT molecular complexity index is 989. The normalized spacial score (nSPS) is 20.4. The number of nitrogens with zero attached hydrogens (tertiary/aromatic N) is 1. The molecule has 9 heteroatoms. The molecular weight excluding hydrogens is 417 g/mol. The van der Waals surface area contributed by atoms with Crippen LogP contribution in [-0.2, 0) is 22.7 Å². The first-order valence-electron chi connectivity index (χ1n) is 9.86. The zero-order chi connectivity index (χ0) is 21.4. The summed E-state index contributed by atoms with van der Waals surface area (Å²) in [6.45, 7) is 1.88. The van der Waals surface area contributed by atoms with E-state index in [1.165, 1.54) is 6.07 Å². The second kappa shape index (κ2) is 8.20.